The molecule has 0 spiro atoms. The van der Waals surface area contributed by atoms with Gasteiger partial charge in [0, 0.05) is 10.2 Å². The Balaban J connectivity index is 2.70. The first kappa shape index (κ1) is 7.17. The van der Waals surface area contributed by atoms with Crippen LogP contribution in [0.4, 0.5) is 5.69 Å². The minimum Gasteiger partial charge on any atom is -0.398 e. The number of fused-ring (bicyclic) bond motifs is 1. The van der Waals surface area contributed by atoms with Gasteiger partial charge in [0.25, 0.3) is 0 Å². The molecule has 11 heavy (non-hydrogen) atoms. The summed E-state index contributed by atoms with van der Waals surface area (Å²) >= 11 is 3.51. The van der Waals surface area contributed by atoms with Crippen LogP contribution in [0.5, 0.6) is 0 Å². The van der Waals surface area contributed by atoms with Gasteiger partial charge in [0.2, 0.25) is 0 Å². The molecular weight excluding hydrogens is 202 g/mol. The average molecular weight is 212 g/mol. The first-order valence-electron chi connectivity index (χ1n) is 3.76. The summed E-state index contributed by atoms with van der Waals surface area (Å²) in [6, 6.07) is 2.19. The number of aryl methyl sites for hydroxylation is 2. The first-order valence-corrected chi connectivity index (χ1v) is 4.56. The summed E-state index contributed by atoms with van der Waals surface area (Å²) in [5, 5.41) is 0. The fourth-order valence-electron chi connectivity index (χ4n) is 1.48. The lowest BCUT2D eigenvalue weighted by Crippen LogP contribution is -2.11. The van der Waals surface area contributed by atoms with Crippen molar-refractivity contribution < 1.29 is 0 Å². The van der Waals surface area contributed by atoms with Gasteiger partial charge in [-0.2, -0.15) is 0 Å². The number of halogens is 1. The van der Waals surface area contributed by atoms with Gasteiger partial charge in [-0.15, -0.1) is 0 Å². The summed E-state index contributed by atoms with van der Waals surface area (Å²) in [4.78, 5) is 0. The molecule has 1 nitrogen and oxygen atoms in total. The third kappa shape index (κ3) is 0.890. The fraction of sp³-hybridized carbons (Fsp3) is 0.333. The Morgan fingerprint density at radius 1 is 1.45 bits per heavy atom. The van der Waals surface area contributed by atoms with Crippen molar-refractivity contribution in [2.24, 2.45) is 0 Å². The highest BCUT2D eigenvalue weighted by atomic mass is 79.9. The van der Waals surface area contributed by atoms with E-state index in [0.29, 0.717) is 0 Å². The molecule has 1 aromatic rings. The molecule has 58 valence electrons. The van der Waals surface area contributed by atoms with Crippen LogP contribution in [0, 0.1) is 6.92 Å². The van der Waals surface area contributed by atoms with E-state index >= 15 is 0 Å². The molecule has 1 aromatic carbocycles. The topological polar surface area (TPSA) is 26.0 Å². The average Bonchev–Trinajstić information content (AvgIpc) is 1.93. The number of nitrogens with two attached hydrogens (primary N) is 1. The van der Waals surface area contributed by atoms with Crippen molar-refractivity contribution in [2.75, 3.05) is 5.73 Å². The van der Waals surface area contributed by atoms with E-state index in [4.69, 9.17) is 5.73 Å². The van der Waals surface area contributed by atoms with E-state index in [-0.39, 0.29) is 0 Å². The number of rotatable bonds is 0. The summed E-state index contributed by atoms with van der Waals surface area (Å²) in [6.07, 6.45) is 2.40. The second kappa shape index (κ2) is 2.24. The minimum absolute atomic E-state index is 0.906. The van der Waals surface area contributed by atoms with Crippen molar-refractivity contribution in [2.45, 2.75) is 19.8 Å². The molecule has 2 heteroatoms. The van der Waals surface area contributed by atoms with Gasteiger partial charge in [-0.3, -0.25) is 0 Å². The zero-order valence-corrected chi connectivity index (χ0v) is 8.03. The van der Waals surface area contributed by atoms with E-state index in [0.717, 1.165) is 10.2 Å². The van der Waals surface area contributed by atoms with Gasteiger partial charge in [-0.05, 0) is 52.4 Å². The lowest BCUT2D eigenvalue weighted by Gasteiger charge is -2.22. The van der Waals surface area contributed by atoms with E-state index < -0.39 is 0 Å². The number of anilines is 1. The quantitative estimate of drug-likeness (QED) is 0.656. The van der Waals surface area contributed by atoms with Gasteiger partial charge in [0.1, 0.15) is 0 Å². The minimum atomic E-state index is 0.906. The monoisotopic (exact) mass is 211 g/mol. The van der Waals surface area contributed by atoms with Crippen LogP contribution < -0.4 is 5.73 Å². The van der Waals surface area contributed by atoms with Crippen molar-refractivity contribution in [1.29, 1.82) is 0 Å². The van der Waals surface area contributed by atoms with Gasteiger partial charge in [0.15, 0.2) is 0 Å². The second-order valence-corrected chi connectivity index (χ2v) is 3.85. The maximum absolute atomic E-state index is 5.84. The molecule has 2 N–H and O–H groups in total. The maximum Gasteiger partial charge on any atom is 0.0491 e. The zero-order chi connectivity index (χ0) is 8.01. The molecule has 2 rings (SSSR count). The summed E-state index contributed by atoms with van der Waals surface area (Å²) in [5.41, 5.74) is 10.8. The smallest absolute Gasteiger partial charge is 0.0491 e. The van der Waals surface area contributed by atoms with Crippen LogP contribution in [-0.4, -0.2) is 0 Å². The summed E-state index contributed by atoms with van der Waals surface area (Å²) in [6.45, 7) is 2.05. The molecule has 0 aromatic heterocycles. The molecule has 0 aliphatic heterocycles. The first-order chi connectivity index (χ1) is 5.20. The van der Waals surface area contributed by atoms with Gasteiger partial charge < -0.3 is 5.73 Å². The van der Waals surface area contributed by atoms with Crippen LogP contribution in [0.2, 0.25) is 0 Å². The molecule has 0 heterocycles. The molecule has 0 saturated carbocycles. The largest absolute Gasteiger partial charge is 0.398 e. The van der Waals surface area contributed by atoms with Gasteiger partial charge in [-0.25, -0.2) is 0 Å². The normalized spacial score (nSPS) is 14.0. The van der Waals surface area contributed by atoms with Crippen LogP contribution in [0.25, 0.3) is 0 Å². The molecular formula is C9H10BrN. The third-order valence-electron chi connectivity index (χ3n) is 2.35. The lowest BCUT2D eigenvalue weighted by atomic mass is 9.87. The highest BCUT2D eigenvalue weighted by molar-refractivity contribution is 9.10. The Bertz CT molecular complexity index is 304. The Labute approximate surface area is 74.7 Å². The Kier molecular flexibility index (Phi) is 1.46. The Morgan fingerprint density at radius 2 is 2.18 bits per heavy atom. The zero-order valence-electron chi connectivity index (χ0n) is 6.45. The number of benzene rings is 1. The molecule has 0 saturated heterocycles. The van der Waals surface area contributed by atoms with Crippen molar-refractivity contribution in [3.8, 4) is 0 Å². The summed E-state index contributed by atoms with van der Waals surface area (Å²) in [7, 11) is 0. The van der Waals surface area contributed by atoms with Crippen molar-refractivity contribution in [3.63, 3.8) is 0 Å². The van der Waals surface area contributed by atoms with Crippen LogP contribution in [0.1, 0.15) is 16.7 Å². The number of hydrogen-bond acceptors (Lipinski definition) is 1. The van der Waals surface area contributed by atoms with E-state index in [9.17, 15) is 0 Å². The predicted octanol–water partition coefficient (Wildman–Crippen LogP) is 2.44. The van der Waals surface area contributed by atoms with Crippen molar-refractivity contribution in [1.82, 2.24) is 0 Å². The van der Waals surface area contributed by atoms with Crippen LogP contribution in [-0.2, 0) is 12.8 Å². The summed E-state index contributed by atoms with van der Waals surface area (Å²) < 4.78 is 1.12. The Morgan fingerprint density at radius 3 is 2.73 bits per heavy atom. The lowest BCUT2D eigenvalue weighted by molar-refractivity contribution is 0.831. The molecule has 0 atom stereocenters. The predicted molar refractivity (Wildman–Crippen MR) is 50.7 cm³/mol. The van der Waals surface area contributed by atoms with Crippen LogP contribution >= 0.6 is 15.9 Å². The third-order valence-corrected chi connectivity index (χ3v) is 3.25. The fourth-order valence-corrected chi connectivity index (χ4v) is 2.24. The molecule has 0 radical (unpaired) electrons. The van der Waals surface area contributed by atoms with Gasteiger partial charge >= 0.3 is 0 Å². The van der Waals surface area contributed by atoms with Crippen molar-refractivity contribution in [3.05, 3.63) is 27.2 Å². The molecule has 1 aliphatic rings. The number of nitrogen functional groups attached to an aromatic ring is 1. The second-order valence-electron chi connectivity index (χ2n) is 3.06. The van der Waals surface area contributed by atoms with E-state index in [1.54, 1.807) is 0 Å². The molecule has 0 unspecified atom stereocenters. The SMILES string of the molecule is Cc1cc2c(c(Br)c1N)CC2. The van der Waals surface area contributed by atoms with E-state index in [1.807, 2.05) is 0 Å². The highest BCUT2D eigenvalue weighted by Gasteiger charge is 2.18. The van der Waals surface area contributed by atoms with Gasteiger partial charge in [0.05, 0.1) is 0 Å². The van der Waals surface area contributed by atoms with E-state index in [2.05, 4.69) is 28.9 Å². The molecule has 0 amide bonds. The van der Waals surface area contributed by atoms with Gasteiger partial charge in [-0.1, -0.05) is 6.07 Å². The highest BCUT2D eigenvalue weighted by Crippen LogP contribution is 2.36. The van der Waals surface area contributed by atoms with Crippen LogP contribution in [0.15, 0.2) is 10.5 Å². The molecule has 1 aliphatic carbocycles. The van der Waals surface area contributed by atoms with E-state index in [1.165, 1.54) is 29.5 Å². The standard InChI is InChI=1S/C9H10BrN/c1-5-4-6-2-3-7(6)8(10)9(5)11/h4H,2-3,11H2,1H3. The van der Waals surface area contributed by atoms with Crippen LogP contribution in [0.3, 0.4) is 0 Å². The maximum atomic E-state index is 5.84. The summed E-state index contributed by atoms with van der Waals surface area (Å²) in [5.74, 6) is 0. The van der Waals surface area contributed by atoms with Crippen molar-refractivity contribution >= 4 is 21.6 Å². The molecule has 0 bridgehead atoms. The molecule has 0 fully saturated rings. The Hall–Kier alpha value is -0.500. The number of hydrogen-bond donors (Lipinski definition) is 1.